The molecular formula is C19H22N2O2. The SMILES string of the molecule is O=C1OCC2Cc3c([nH]c4ccccc34)C(C3CCCCC3)N12. The molecule has 2 aliphatic heterocycles. The highest BCUT2D eigenvalue weighted by atomic mass is 16.6. The maximum atomic E-state index is 12.4. The molecule has 1 aromatic heterocycles. The lowest BCUT2D eigenvalue weighted by atomic mass is 9.78. The highest BCUT2D eigenvalue weighted by Crippen LogP contribution is 2.46. The van der Waals surface area contributed by atoms with Gasteiger partial charge in [-0.15, -0.1) is 0 Å². The Morgan fingerprint density at radius 2 is 1.96 bits per heavy atom. The maximum absolute atomic E-state index is 12.4. The number of carbonyl (C=O) groups is 1. The highest BCUT2D eigenvalue weighted by Gasteiger charge is 2.47. The molecule has 0 radical (unpaired) electrons. The van der Waals surface area contributed by atoms with Gasteiger partial charge in [-0.2, -0.15) is 0 Å². The van der Waals surface area contributed by atoms with Crippen LogP contribution in [0.2, 0.25) is 0 Å². The molecule has 2 fully saturated rings. The number of ether oxygens (including phenoxy) is 1. The fraction of sp³-hybridized carbons (Fsp3) is 0.526. The monoisotopic (exact) mass is 310 g/mol. The summed E-state index contributed by atoms with van der Waals surface area (Å²) in [5, 5.41) is 1.32. The smallest absolute Gasteiger partial charge is 0.410 e. The number of aromatic amines is 1. The van der Waals surface area contributed by atoms with Crippen LogP contribution in [0.5, 0.6) is 0 Å². The quantitative estimate of drug-likeness (QED) is 0.859. The van der Waals surface area contributed by atoms with Gasteiger partial charge < -0.3 is 9.72 Å². The van der Waals surface area contributed by atoms with E-state index in [0.29, 0.717) is 12.5 Å². The lowest BCUT2D eigenvalue weighted by Gasteiger charge is -2.41. The molecule has 5 rings (SSSR count). The molecule has 1 N–H and O–H groups in total. The predicted molar refractivity (Wildman–Crippen MR) is 88.3 cm³/mol. The number of nitrogens with one attached hydrogen (secondary N) is 1. The molecule has 1 amide bonds. The summed E-state index contributed by atoms with van der Waals surface area (Å²) in [6.45, 7) is 0.543. The zero-order valence-electron chi connectivity index (χ0n) is 13.3. The van der Waals surface area contributed by atoms with E-state index in [-0.39, 0.29) is 18.2 Å². The summed E-state index contributed by atoms with van der Waals surface area (Å²) in [5.41, 5.74) is 3.89. The molecular weight excluding hydrogens is 288 g/mol. The van der Waals surface area contributed by atoms with Crippen molar-refractivity contribution in [3.63, 3.8) is 0 Å². The van der Waals surface area contributed by atoms with E-state index >= 15 is 0 Å². The molecule has 1 aliphatic carbocycles. The minimum atomic E-state index is -0.116. The van der Waals surface area contributed by atoms with Gasteiger partial charge in [-0.05, 0) is 36.8 Å². The van der Waals surface area contributed by atoms with Crippen molar-refractivity contribution in [1.82, 2.24) is 9.88 Å². The number of amides is 1. The topological polar surface area (TPSA) is 45.3 Å². The van der Waals surface area contributed by atoms with Crippen LogP contribution >= 0.6 is 0 Å². The molecule has 2 atom stereocenters. The Kier molecular flexibility index (Phi) is 2.94. The molecule has 0 bridgehead atoms. The van der Waals surface area contributed by atoms with Crippen LogP contribution in [0.25, 0.3) is 10.9 Å². The first-order valence-corrected chi connectivity index (χ1v) is 8.87. The molecule has 1 saturated heterocycles. The van der Waals surface area contributed by atoms with Gasteiger partial charge in [0.15, 0.2) is 0 Å². The Hall–Kier alpha value is -1.97. The zero-order chi connectivity index (χ0) is 15.4. The summed E-state index contributed by atoms with van der Waals surface area (Å²) in [4.78, 5) is 18.1. The van der Waals surface area contributed by atoms with E-state index in [2.05, 4.69) is 29.2 Å². The third-order valence-electron chi connectivity index (χ3n) is 5.98. The van der Waals surface area contributed by atoms with Gasteiger partial charge in [0.25, 0.3) is 0 Å². The number of carbonyl (C=O) groups excluding carboxylic acids is 1. The van der Waals surface area contributed by atoms with Crippen LogP contribution in [0.3, 0.4) is 0 Å². The van der Waals surface area contributed by atoms with E-state index in [4.69, 9.17) is 4.74 Å². The standard InChI is InChI=1S/C19H22N2O2/c22-19-21-13(11-23-19)10-15-14-8-4-5-9-16(14)20-17(15)18(21)12-6-2-1-3-7-12/h4-5,8-9,12-13,18,20H,1-3,6-7,10-11H2. The molecule has 2 aromatic rings. The predicted octanol–water partition coefficient (Wildman–Crippen LogP) is 4.17. The van der Waals surface area contributed by atoms with E-state index < -0.39 is 0 Å². The van der Waals surface area contributed by atoms with Crippen molar-refractivity contribution in [3.8, 4) is 0 Å². The fourth-order valence-corrected chi connectivity index (χ4v) is 4.95. The van der Waals surface area contributed by atoms with E-state index in [1.54, 1.807) is 0 Å². The molecule has 23 heavy (non-hydrogen) atoms. The van der Waals surface area contributed by atoms with Gasteiger partial charge in [-0.3, -0.25) is 4.90 Å². The van der Waals surface area contributed by atoms with Gasteiger partial charge in [0.1, 0.15) is 6.61 Å². The maximum Gasteiger partial charge on any atom is 0.410 e. The molecule has 4 nitrogen and oxygen atoms in total. The Labute approximate surface area is 135 Å². The van der Waals surface area contributed by atoms with Crippen LogP contribution in [-0.2, 0) is 11.2 Å². The van der Waals surface area contributed by atoms with E-state index in [0.717, 1.165) is 6.42 Å². The minimum absolute atomic E-state index is 0.116. The first-order valence-electron chi connectivity index (χ1n) is 8.87. The Morgan fingerprint density at radius 1 is 1.13 bits per heavy atom. The van der Waals surface area contributed by atoms with Crippen molar-refractivity contribution >= 4 is 17.0 Å². The third-order valence-corrected chi connectivity index (χ3v) is 5.98. The summed E-state index contributed by atoms with van der Waals surface area (Å²) in [6, 6.07) is 8.92. The summed E-state index contributed by atoms with van der Waals surface area (Å²) in [5.74, 6) is 0.559. The van der Waals surface area contributed by atoms with Gasteiger partial charge in [-0.25, -0.2) is 4.79 Å². The minimum Gasteiger partial charge on any atom is -0.447 e. The van der Waals surface area contributed by atoms with Crippen molar-refractivity contribution in [2.75, 3.05) is 6.61 Å². The number of aromatic nitrogens is 1. The van der Waals surface area contributed by atoms with Gasteiger partial charge in [0.2, 0.25) is 0 Å². The number of nitrogens with zero attached hydrogens (tertiary/aromatic N) is 1. The number of H-pyrrole nitrogens is 1. The number of benzene rings is 1. The van der Waals surface area contributed by atoms with Gasteiger partial charge in [-0.1, -0.05) is 37.5 Å². The normalized spacial score (nSPS) is 27.8. The number of rotatable bonds is 1. The molecule has 1 saturated carbocycles. The second-order valence-electron chi connectivity index (χ2n) is 7.25. The Balaban J connectivity index is 1.67. The molecule has 4 heteroatoms. The number of hydrogen-bond donors (Lipinski definition) is 1. The lowest BCUT2D eigenvalue weighted by Crippen LogP contribution is -2.45. The summed E-state index contributed by atoms with van der Waals surface area (Å²) in [6.07, 6.45) is 7.13. The van der Waals surface area contributed by atoms with Crippen molar-refractivity contribution in [2.24, 2.45) is 5.92 Å². The second-order valence-corrected chi connectivity index (χ2v) is 7.25. The average Bonchev–Trinajstić information content (AvgIpc) is 3.15. The van der Waals surface area contributed by atoms with Crippen LogP contribution in [0, 0.1) is 5.92 Å². The molecule has 2 unspecified atom stereocenters. The number of para-hydroxylation sites is 1. The average molecular weight is 310 g/mol. The van der Waals surface area contributed by atoms with Crippen molar-refractivity contribution < 1.29 is 9.53 Å². The van der Waals surface area contributed by atoms with Gasteiger partial charge in [0.05, 0.1) is 12.1 Å². The van der Waals surface area contributed by atoms with Crippen LogP contribution < -0.4 is 0 Å². The van der Waals surface area contributed by atoms with Crippen LogP contribution in [0.15, 0.2) is 24.3 Å². The van der Waals surface area contributed by atoms with Crippen molar-refractivity contribution in [3.05, 3.63) is 35.5 Å². The van der Waals surface area contributed by atoms with E-state index in [1.165, 1.54) is 54.3 Å². The largest absolute Gasteiger partial charge is 0.447 e. The highest BCUT2D eigenvalue weighted by molar-refractivity contribution is 5.86. The van der Waals surface area contributed by atoms with Crippen LogP contribution in [0.1, 0.15) is 49.4 Å². The number of hydrogen-bond acceptors (Lipinski definition) is 2. The van der Waals surface area contributed by atoms with E-state index in [1.807, 2.05) is 4.90 Å². The van der Waals surface area contributed by atoms with Crippen LogP contribution in [0.4, 0.5) is 4.79 Å². The molecule has 3 heterocycles. The third kappa shape index (κ3) is 1.93. The molecule has 0 spiro atoms. The molecule has 3 aliphatic rings. The second kappa shape index (κ2) is 5.02. The summed E-state index contributed by atoms with van der Waals surface area (Å²) in [7, 11) is 0. The first-order chi connectivity index (χ1) is 11.3. The zero-order valence-corrected chi connectivity index (χ0v) is 13.3. The first kappa shape index (κ1) is 13.5. The summed E-state index contributed by atoms with van der Waals surface area (Å²) >= 11 is 0. The Bertz CT molecular complexity index is 760. The van der Waals surface area contributed by atoms with Crippen LogP contribution in [-0.4, -0.2) is 28.6 Å². The van der Waals surface area contributed by atoms with Gasteiger partial charge in [0, 0.05) is 16.6 Å². The van der Waals surface area contributed by atoms with Gasteiger partial charge >= 0.3 is 6.09 Å². The Morgan fingerprint density at radius 3 is 2.83 bits per heavy atom. The molecule has 120 valence electrons. The fourth-order valence-electron chi connectivity index (χ4n) is 4.95. The van der Waals surface area contributed by atoms with E-state index in [9.17, 15) is 4.79 Å². The van der Waals surface area contributed by atoms with Crippen molar-refractivity contribution in [1.29, 1.82) is 0 Å². The molecule has 1 aromatic carbocycles. The summed E-state index contributed by atoms with van der Waals surface area (Å²) < 4.78 is 5.41. The lowest BCUT2D eigenvalue weighted by molar-refractivity contribution is 0.103. The van der Waals surface area contributed by atoms with Crippen molar-refractivity contribution in [2.45, 2.75) is 50.6 Å². The number of fused-ring (bicyclic) bond motifs is 4. The number of cyclic esters (lactones) is 1.